The Hall–Kier alpha value is 0.110. The SMILES string of the molecule is CNC(C)CP(=O)(O)CC(C)NC. The zero-order chi connectivity index (χ0) is 10.5. The molecule has 0 radical (unpaired) electrons. The van der Waals surface area contributed by atoms with E-state index >= 15 is 0 Å². The summed E-state index contributed by atoms with van der Waals surface area (Å²) in [5, 5.41) is 5.92. The first-order valence-corrected chi connectivity index (χ1v) is 6.59. The van der Waals surface area contributed by atoms with Crippen LogP contribution in [-0.2, 0) is 4.57 Å². The first kappa shape index (κ1) is 13.1. The lowest BCUT2D eigenvalue weighted by Gasteiger charge is -2.19. The van der Waals surface area contributed by atoms with Crippen molar-refractivity contribution in [3.05, 3.63) is 0 Å². The predicted molar refractivity (Wildman–Crippen MR) is 56.6 cm³/mol. The van der Waals surface area contributed by atoms with Gasteiger partial charge in [0.05, 0.1) is 0 Å². The minimum Gasteiger partial charge on any atom is -0.344 e. The summed E-state index contributed by atoms with van der Waals surface area (Å²) >= 11 is 0. The van der Waals surface area contributed by atoms with Crippen LogP contribution in [0.5, 0.6) is 0 Å². The number of hydrogen-bond acceptors (Lipinski definition) is 3. The molecule has 0 aliphatic heterocycles. The van der Waals surface area contributed by atoms with E-state index in [0.29, 0.717) is 12.3 Å². The van der Waals surface area contributed by atoms with Gasteiger partial charge in [0.2, 0.25) is 7.37 Å². The Morgan fingerprint density at radius 2 is 1.46 bits per heavy atom. The van der Waals surface area contributed by atoms with Gasteiger partial charge >= 0.3 is 0 Å². The van der Waals surface area contributed by atoms with Crippen LogP contribution >= 0.6 is 7.37 Å². The third kappa shape index (κ3) is 6.22. The Morgan fingerprint density at radius 3 is 1.69 bits per heavy atom. The van der Waals surface area contributed by atoms with Gasteiger partial charge in [-0.05, 0) is 27.9 Å². The summed E-state index contributed by atoms with van der Waals surface area (Å²) in [5.74, 6) is 0. The molecule has 0 aromatic rings. The minimum absolute atomic E-state index is 0.0971. The molecule has 0 spiro atoms. The maximum Gasteiger partial charge on any atom is 0.203 e. The van der Waals surface area contributed by atoms with Crippen LogP contribution in [0.15, 0.2) is 0 Å². The number of rotatable bonds is 6. The van der Waals surface area contributed by atoms with Crippen molar-refractivity contribution in [3.8, 4) is 0 Å². The molecule has 0 aromatic carbocycles. The highest BCUT2D eigenvalue weighted by Crippen LogP contribution is 2.41. The summed E-state index contributed by atoms with van der Waals surface area (Å²) < 4.78 is 11.6. The normalized spacial score (nSPS) is 20.7. The van der Waals surface area contributed by atoms with E-state index in [2.05, 4.69) is 10.6 Å². The summed E-state index contributed by atoms with van der Waals surface area (Å²) in [6, 6.07) is 0.194. The summed E-state index contributed by atoms with van der Waals surface area (Å²) in [6.45, 7) is 3.82. The van der Waals surface area contributed by atoms with Crippen molar-refractivity contribution in [1.29, 1.82) is 0 Å². The Bertz CT molecular complexity index is 171. The van der Waals surface area contributed by atoms with Crippen molar-refractivity contribution in [3.63, 3.8) is 0 Å². The molecule has 80 valence electrons. The highest BCUT2D eigenvalue weighted by molar-refractivity contribution is 7.58. The molecule has 0 aliphatic rings. The van der Waals surface area contributed by atoms with Crippen LogP contribution < -0.4 is 10.6 Å². The monoisotopic (exact) mass is 208 g/mol. The summed E-state index contributed by atoms with van der Waals surface area (Å²) in [5.41, 5.74) is 0. The highest BCUT2D eigenvalue weighted by Gasteiger charge is 2.23. The smallest absolute Gasteiger partial charge is 0.203 e. The molecule has 0 rings (SSSR count). The Labute approximate surface area is 80.6 Å². The molecule has 0 saturated heterocycles. The second kappa shape index (κ2) is 5.76. The fourth-order valence-corrected chi connectivity index (χ4v) is 3.34. The maximum atomic E-state index is 11.6. The molecule has 2 atom stereocenters. The van der Waals surface area contributed by atoms with Crippen LogP contribution in [-0.4, -0.2) is 43.4 Å². The Balaban J connectivity index is 4.00. The van der Waals surface area contributed by atoms with Crippen LogP contribution in [0.2, 0.25) is 0 Å². The van der Waals surface area contributed by atoms with Gasteiger partial charge in [-0.1, -0.05) is 0 Å². The third-order valence-electron chi connectivity index (χ3n) is 2.10. The van der Waals surface area contributed by atoms with E-state index in [1.165, 1.54) is 0 Å². The molecule has 0 bridgehead atoms. The molecular formula is C8H21N2O2P. The van der Waals surface area contributed by atoms with Crippen LogP contribution in [0.4, 0.5) is 0 Å². The van der Waals surface area contributed by atoms with E-state index in [9.17, 15) is 9.46 Å². The molecule has 5 heteroatoms. The van der Waals surface area contributed by atoms with Crippen LogP contribution in [0.1, 0.15) is 13.8 Å². The minimum atomic E-state index is -2.96. The van der Waals surface area contributed by atoms with Crippen LogP contribution in [0.25, 0.3) is 0 Å². The van der Waals surface area contributed by atoms with Crippen molar-refractivity contribution in [2.45, 2.75) is 25.9 Å². The van der Waals surface area contributed by atoms with E-state index in [0.717, 1.165) is 0 Å². The van der Waals surface area contributed by atoms with Gasteiger partial charge in [0.1, 0.15) is 0 Å². The van der Waals surface area contributed by atoms with Gasteiger partial charge in [-0.15, -0.1) is 0 Å². The number of nitrogens with one attached hydrogen (secondary N) is 2. The number of hydrogen-bond donors (Lipinski definition) is 3. The van der Waals surface area contributed by atoms with Crippen molar-refractivity contribution in [2.24, 2.45) is 0 Å². The average molecular weight is 208 g/mol. The van der Waals surface area contributed by atoms with E-state index in [1.54, 1.807) is 14.1 Å². The molecule has 2 unspecified atom stereocenters. The van der Waals surface area contributed by atoms with E-state index in [4.69, 9.17) is 0 Å². The van der Waals surface area contributed by atoms with Crippen molar-refractivity contribution < 1.29 is 9.46 Å². The van der Waals surface area contributed by atoms with Crippen molar-refractivity contribution in [1.82, 2.24) is 10.6 Å². The van der Waals surface area contributed by atoms with Crippen LogP contribution in [0.3, 0.4) is 0 Å². The van der Waals surface area contributed by atoms with Gasteiger partial charge in [0.15, 0.2) is 0 Å². The van der Waals surface area contributed by atoms with Crippen molar-refractivity contribution >= 4 is 7.37 Å². The summed E-state index contributed by atoms with van der Waals surface area (Å²) in [4.78, 5) is 9.59. The van der Waals surface area contributed by atoms with Gasteiger partial charge < -0.3 is 15.5 Å². The summed E-state index contributed by atoms with van der Waals surface area (Å²) in [6.07, 6.45) is 0.686. The molecule has 0 heterocycles. The lowest BCUT2D eigenvalue weighted by Crippen LogP contribution is -2.30. The molecule has 0 amide bonds. The Kier molecular flexibility index (Phi) is 5.81. The maximum absolute atomic E-state index is 11.6. The zero-order valence-electron chi connectivity index (χ0n) is 8.87. The second-order valence-corrected chi connectivity index (χ2v) is 6.01. The molecule has 0 fully saturated rings. The summed E-state index contributed by atoms with van der Waals surface area (Å²) in [7, 11) is 0.633. The lowest BCUT2D eigenvalue weighted by atomic mass is 10.4. The zero-order valence-corrected chi connectivity index (χ0v) is 9.77. The second-order valence-electron chi connectivity index (χ2n) is 3.59. The van der Waals surface area contributed by atoms with Crippen LogP contribution in [0, 0.1) is 0 Å². The third-order valence-corrected chi connectivity index (χ3v) is 4.34. The van der Waals surface area contributed by atoms with E-state index < -0.39 is 7.37 Å². The van der Waals surface area contributed by atoms with Gasteiger partial charge in [0, 0.05) is 24.4 Å². The highest BCUT2D eigenvalue weighted by atomic mass is 31.2. The molecule has 3 N–H and O–H groups in total. The first-order valence-electron chi connectivity index (χ1n) is 4.56. The fraction of sp³-hybridized carbons (Fsp3) is 1.00. The Morgan fingerprint density at radius 1 is 1.15 bits per heavy atom. The largest absolute Gasteiger partial charge is 0.344 e. The average Bonchev–Trinajstić information content (AvgIpc) is 2.02. The van der Waals surface area contributed by atoms with Gasteiger partial charge in [-0.3, -0.25) is 4.57 Å². The standard InChI is InChI=1S/C8H21N2O2P/c1-7(9-3)5-13(11,12)6-8(2)10-4/h7-10H,5-6H2,1-4H3,(H,11,12). The topological polar surface area (TPSA) is 61.4 Å². The molecule has 0 saturated carbocycles. The van der Waals surface area contributed by atoms with Gasteiger partial charge in [0.25, 0.3) is 0 Å². The molecule has 0 aromatic heterocycles. The quantitative estimate of drug-likeness (QED) is 0.555. The van der Waals surface area contributed by atoms with E-state index in [1.807, 2.05) is 13.8 Å². The van der Waals surface area contributed by atoms with Gasteiger partial charge in [-0.25, -0.2) is 0 Å². The predicted octanol–water partition coefficient (Wildman–Crippen LogP) is 0.473. The van der Waals surface area contributed by atoms with Gasteiger partial charge in [-0.2, -0.15) is 0 Å². The fourth-order valence-electron chi connectivity index (χ4n) is 1.11. The molecule has 0 aliphatic carbocycles. The van der Waals surface area contributed by atoms with E-state index in [-0.39, 0.29) is 12.1 Å². The molecule has 13 heavy (non-hydrogen) atoms. The lowest BCUT2D eigenvalue weighted by molar-refractivity contribution is 0.460. The first-order chi connectivity index (χ1) is 5.91. The molecular weight excluding hydrogens is 187 g/mol. The molecule has 4 nitrogen and oxygen atoms in total. The van der Waals surface area contributed by atoms with Crippen molar-refractivity contribution in [2.75, 3.05) is 26.4 Å².